The Kier molecular flexibility index (Phi) is 11.2. The van der Waals surface area contributed by atoms with Crippen molar-refractivity contribution in [2.75, 3.05) is 24.3 Å². The molecular formula is C30H30N2O5S. The molecule has 7 nitrogen and oxygen atoms in total. The van der Waals surface area contributed by atoms with Gasteiger partial charge in [0.25, 0.3) is 11.8 Å². The molecule has 0 aliphatic rings. The van der Waals surface area contributed by atoms with Gasteiger partial charge in [0.2, 0.25) is 0 Å². The van der Waals surface area contributed by atoms with Crippen molar-refractivity contribution in [2.24, 2.45) is 0 Å². The number of esters is 1. The van der Waals surface area contributed by atoms with Crippen molar-refractivity contribution in [3.8, 4) is 5.75 Å². The van der Waals surface area contributed by atoms with E-state index in [1.807, 2.05) is 49.4 Å². The summed E-state index contributed by atoms with van der Waals surface area (Å²) in [5.74, 6) is -0.105. The second-order valence-corrected chi connectivity index (χ2v) is 8.89. The van der Waals surface area contributed by atoms with Crippen LogP contribution in [0.5, 0.6) is 5.75 Å². The van der Waals surface area contributed by atoms with Crippen LogP contribution in [0.15, 0.2) is 102 Å². The Morgan fingerprint density at radius 2 is 1.66 bits per heavy atom. The standard InChI is InChI=1S/C30H30N2O5S/c1-3-36-27-17-9-8-14-23(27)20-26(32-29(34)22-12-6-5-7-13-22)30(35)31-24-15-10-16-25(21-24)38-19-11-18-28(33)37-4-2/h5-18,20-21H,3-4,19H2,1-2H3,(H,31,35)(H,32,34)/b18-11+,26-20+. The van der Waals surface area contributed by atoms with Crippen molar-refractivity contribution < 1.29 is 23.9 Å². The summed E-state index contributed by atoms with van der Waals surface area (Å²) in [6, 6.07) is 23.3. The van der Waals surface area contributed by atoms with Gasteiger partial charge in [0, 0.05) is 33.5 Å². The number of benzene rings is 3. The molecule has 38 heavy (non-hydrogen) atoms. The molecule has 3 aromatic rings. The molecule has 0 saturated carbocycles. The van der Waals surface area contributed by atoms with Gasteiger partial charge in [-0.25, -0.2) is 4.79 Å². The lowest BCUT2D eigenvalue weighted by Crippen LogP contribution is -2.30. The Morgan fingerprint density at radius 1 is 0.895 bits per heavy atom. The second kappa shape index (κ2) is 15.1. The topological polar surface area (TPSA) is 93.7 Å². The van der Waals surface area contributed by atoms with E-state index in [0.717, 1.165) is 4.90 Å². The summed E-state index contributed by atoms with van der Waals surface area (Å²) in [4.78, 5) is 38.6. The van der Waals surface area contributed by atoms with Crippen LogP contribution in [0.3, 0.4) is 0 Å². The maximum Gasteiger partial charge on any atom is 0.330 e. The molecule has 2 N–H and O–H groups in total. The highest BCUT2D eigenvalue weighted by atomic mass is 32.2. The number of rotatable bonds is 12. The van der Waals surface area contributed by atoms with Gasteiger partial charge in [-0.15, -0.1) is 11.8 Å². The second-order valence-electron chi connectivity index (χ2n) is 7.80. The first-order valence-electron chi connectivity index (χ1n) is 12.2. The van der Waals surface area contributed by atoms with Crippen LogP contribution in [0, 0.1) is 0 Å². The third-order valence-corrected chi connectivity index (χ3v) is 5.97. The molecule has 0 aliphatic heterocycles. The van der Waals surface area contributed by atoms with Crippen LogP contribution in [0.2, 0.25) is 0 Å². The van der Waals surface area contributed by atoms with E-state index in [1.165, 1.54) is 17.8 Å². The van der Waals surface area contributed by atoms with E-state index >= 15 is 0 Å². The molecule has 8 heteroatoms. The normalized spacial score (nSPS) is 11.2. The number of para-hydroxylation sites is 1. The summed E-state index contributed by atoms with van der Waals surface area (Å²) >= 11 is 1.50. The van der Waals surface area contributed by atoms with Gasteiger partial charge >= 0.3 is 5.97 Å². The fourth-order valence-electron chi connectivity index (χ4n) is 3.33. The van der Waals surface area contributed by atoms with Gasteiger partial charge < -0.3 is 20.1 Å². The molecule has 0 atom stereocenters. The molecule has 0 fully saturated rings. The van der Waals surface area contributed by atoms with Crippen molar-refractivity contribution >= 4 is 41.3 Å². The number of carbonyl (C=O) groups excluding carboxylic acids is 3. The van der Waals surface area contributed by atoms with E-state index < -0.39 is 11.8 Å². The minimum Gasteiger partial charge on any atom is -0.493 e. The van der Waals surface area contributed by atoms with Gasteiger partial charge in [-0.2, -0.15) is 0 Å². The maximum atomic E-state index is 13.4. The van der Waals surface area contributed by atoms with E-state index in [4.69, 9.17) is 9.47 Å². The minimum absolute atomic E-state index is 0.0708. The van der Waals surface area contributed by atoms with Gasteiger partial charge in [-0.1, -0.05) is 48.5 Å². The Bertz CT molecular complexity index is 1300. The number of thioether (sulfide) groups is 1. The molecule has 0 spiro atoms. The summed E-state index contributed by atoms with van der Waals surface area (Å²) in [5, 5.41) is 5.61. The highest BCUT2D eigenvalue weighted by molar-refractivity contribution is 7.99. The van der Waals surface area contributed by atoms with Crippen molar-refractivity contribution in [1.82, 2.24) is 5.32 Å². The molecular weight excluding hydrogens is 500 g/mol. The number of nitrogens with one attached hydrogen (secondary N) is 2. The molecule has 0 heterocycles. The number of hydrogen-bond acceptors (Lipinski definition) is 6. The highest BCUT2D eigenvalue weighted by Gasteiger charge is 2.16. The van der Waals surface area contributed by atoms with Crippen molar-refractivity contribution in [3.05, 3.63) is 108 Å². The summed E-state index contributed by atoms with van der Waals surface area (Å²) in [5.41, 5.74) is 1.72. The fourth-order valence-corrected chi connectivity index (χ4v) is 4.10. The molecule has 0 unspecified atom stereocenters. The molecule has 0 saturated heterocycles. The van der Waals surface area contributed by atoms with E-state index in [2.05, 4.69) is 10.6 Å². The predicted molar refractivity (Wildman–Crippen MR) is 151 cm³/mol. The van der Waals surface area contributed by atoms with Crippen LogP contribution in [0.25, 0.3) is 6.08 Å². The van der Waals surface area contributed by atoms with E-state index in [-0.39, 0.29) is 11.7 Å². The van der Waals surface area contributed by atoms with Crippen LogP contribution in [-0.4, -0.2) is 36.8 Å². The number of ether oxygens (including phenoxy) is 2. The van der Waals surface area contributed by atoms with Gasteiger partial charge in [-0.3, -0.25) is 9.59 Å². The Labute approximate surface area is 226 Å². The number of anilines is 1. The van der Waals surface area contributed by atoms with E-state index in [1.54, 1.807) is 55.5 Å². The zero-order valence-electron chi connectivity index (χ0n) is 21.3. The Hall–Kier alpha value is -4.30. The van der Waals surface area contributed by atoms with Gasteiger partial charge in [-0.05, 0) is 56.3 Å². The average Bonchev–Trinajstić information content (AvgIpc) is 2.92. The zero-order valence-corrected chi connectivity index (χ0v) is 22.1. The lowest BCUT2D eigenvalue weighted by molar-refractivity contribution is -0.137. The number of carbonyl (C=O) groups is 3. The SMILES string of the molecule is CCOC(=O)/C=C/CSc1cccc(NC(=O)/C(=C\c2ccccc2OCC)NC(=O)c2ccccc2)c1. The van der Waals surface area contributed by atoms with Crippen molar-refractivity contribution in [3.63, 3.8) is 0 Å². The molecule has 0 bridgehead atoms. The first kappa shape index (κ1) is 28.3. The molecule has 2 amide bonds. The van der Waals surface area contributed by atoms with Crippen LogP contribution in [0.1, 0.15) is 29.8 Å². The van der Waals surface area contributed by atoms with Crippen LogP contribution in [-0.2, 0) is 14.3 Å². The smallest absolute Gasteiger partial charge is 0.330 e. The molecule has 196 valence electrons. The molecule has 0 aliphatic carbocycles. The Morgan fingerprint density at radius 3 is 2.42 bits per heavy atom. The predicted octanol–water partition coefficient (Wildman–Crippen LogP) is 5.71. The number of hydrogen-bond donors (Lipinski definition) is 2. The van der Waals surface area contributed by atoms with E-state index in [9.17, 15) is 14.4 Å². The summed E-state index contributed by atoms with van der Waals surface area (Å²) < 4.78 is 10.6. The van der Waals surface area contributed by atoms with Gasteiger partial charge in [0.1, 0.15) is 11.4 Å². The first-order valence-corrected chi connectivity index (χ1v) is 13.2. The van der Waals surface area contributed by atoms with Gasteiger partial charge in [0.05, 0.1) is 13.2 Å². The fraction of sp³-hybridized carbons (Fsp3) is 0.167. The summed E-state index contributed by atoms with van der Waals surface area (Å²) in [6.45, 7) is 4.42. The van der Waals surface area contributed by atoms with Crippen LogP contribution >= 0.6 is 11.8 Å². The zero-order chi connectivity index (χ0) is 27.2. The highest BCUT2D eigenvalue weighted by Crippen LogP contribution is 2.24. The lowest BCUT2D eigenvalue weighted by Gasteiger charge is -2.13. The average molecular weight is 531 g/mol. The third kappa shape index (κ3) is 8.97. The monoisotopic (exact) mass is 530 g/mol. The summed E-state index contributed by atoms with van der Waals surface area (Å²) in [7, 11) is 0. The molecule has 3 aromatic carbocycles. The Balaban J connectivity index is 1.79. The third-order valence-electron chi connectivity index (χ3n) is 5.03. The van der Waals surface area contributed by atoms with Crippen molar-refractivity contribution in [1.29, 1.82) is 0 Å². The molecule has 3 rings (SSSR count). The molecule has 0 radical (unpaired) electrons. The largest absolute Gasteiger partial charge is 0.493 e. The first-order chi connectivity index (χ1) is 18.5. The van der Waals surface area contributed by atoms with Crippen LogP contribution in [0.4, 0.5) is 5.69 Å². The quantitative estimate of drug-likeness (QED) is 0.177. The number of amides is 2. The van der Waals surface area contributed by atoms with Crippen LogP contribution < -0.4 is 15.4 Å². The van der Waals surface area contributed by atoms with Crippen molar-refractivity contribution in [2.45, 2.75) is 18.7 Å². The summed E-state index contributed by atoms with van der Waals surface area (Å²) in [6.07, 6.45) is 4.72. The lowest BCUT2D eigenvalue weighted by atomic mass is 10.1. The maximum absolute atomic E-state index is 13.4. The van der Waals surface area contributed by atoms with E-state index in [0.29, 0.717) is 41.5 Å². The molecule has 0 aromatic heterocycles. The van der Waals surface area contributed by atoms with Gasteiger partial charge in [0.15, 0.2) is 0 Å². The minimum atomic E-state index is -0.482.